The van der Waals surface area contributed by atoms with Crippen molar-refractivity contribution in [2.75, 3.05) is 26.2 Å². The van der Waals surface area contributed by atoms with Crippen LogP contribution in [0.1, 0.15) is 53.2 Å². The molecule has 2 saturated heterocycles. The van der Waals surface area contributed by atoms with Crippen molar-refractivity contribution in [3.63, 3.8) is 0 Å². The molecule has 0 aliphatic carbocycles. The van der Waals surface area contributed by atoms with Crippen LogP contribution in [0.5, 0.6) is 0 Å². The molecule has 0 radical (unpaired) electrons. The number of likely N-dealkylation sites (tertiary alicyclic amines) is 1. The van der Waals surface area contributed by atoms with Crippen LogP contribution in [0.2, 0.25) is 0 Å². The van der Waals surface area contributed by atoms with Gasteiger partial charge in [-0.15, -0.1) is 0 Å². The topological polar surface area (TPSA) is 75.9 Å². The number of nitrogens with zero attached hydrogens (tertiary/aromatic N) is 3. The van der Waals surface area contributed by atoms with Crippen molar-refractivity contribution in [1.82, 2.24) is 19.6 Å². The molecule has 1 N–H and O–H groups in total. The maximum Gasteiger partial charge on any atom is 0.287 e. The van der Waals surface area contributed by atoms with Crippen molar-refractivity contribution in [1.29, 1.82) is 0 Å². The second-order valence-corrected chi connectivity index (χ2v) is 6.94. The molecule has 2 amide bonds. The Kier molecular flexibility index (Phi) is 4.88. The number of aromatic nitrogens is 2. The Morgan fingerprint density at radius 1 is 1.19 bits per heavy atom. The number of imidazole rings is 1. The molecule has 2 aromatic heterocycles. The van der Waals surface area contributed by atoms with Gasteiger partial charge < -0.3 is 15.0 Å². The number of carbonyl (C=O) groups is 2. The molecule has 0 bridgehead atoms. The van der Waals surface area contributed by atoms with E-state index in [0.29, 0.717) is 17.8 Å². The van der Waals surface area contributed by atoms with Crippen molar-refractivity contribution < 1.29 is 14.3 Å². The van der Waals surface area contributed by atoms with Gasteiger partial charge in [-0.2, -0.15) is 0 Å². The number of carbonyl (C=O) groups excluding carboxylic acids is 2. The molecular formula is C19H24N4O3. The maximum absolute atomic E-state index is 12.9. The fourth-order valence-electron chi connectivity index (χ4n) is 3.69. The van der Waals surface area contributed by atoms with E-state index in [1.807, 2.05) is 23.1 Å². The largest absolute Gasteiger partial charge is 0.376 e. The van der Waals surface area contributed by atoms with Gasteiger partial charge in [-0.1, -0.05) is 6.07 Å². The summed E-state index contributed by atoms with van der Waals surface area (Å²) in [6.07, 6.45) is 7.03. The standard InChI is InChI=1S/C19H24N4O3/c24-18(20-13-14-7-6-12-26-14)17-21-16(15-8-2-5-11-23(15)17)19(25)22-9-3-1-4-10-22/h2,5,8,11,14H,1,3-4,6-7,9-10,12-13H2,(H,20,24). The molecule has 7 heteroatoms. The second-order valence-electron chi connectivity index (χ2n) is 6.94. The van der Waals surface area contributed by atoms with Crippen LogP contribution in [0.25, 0.3) is 5.52 Å². The first-order valence-corrected chi connectivity index (χ1v) is 9.40. The summed E-state index contributed by atoms with van der Waals surface area (Å²) in [5, 5.41) is 2.89. The van der Waals surface area contributed by atoms with E-state index in [0.717, 1.165) is 51.8 Å². The number of hydrogen-bond donors (Lipinski definition) is 1. The minimum absolute atomic E-state index is 0.0691. The lowest BCUT2D eigenvalue weighted by Crippen LogP contribution is -2.36. The van der Waals surface area contributed by atoms with E-state index < -0.39 is 0 Å². The fourth-order valence-corrected chi connectivity index (χ4v) is 3.69. The van der Waals surface area contributed by atoms with Gasteiger partial charge >= 0.3 is 0 Å². The predicted molar refractivity (Wildman–Crippen MR) is 96.3 cm³/mol. The highest BCUT2D eigenvalue weighted by molar-refractivity contribution is 6.02. The molecule has 138 valence electrons. The molecule has 4 rings (SSSR count). The number of nitrogens with one attached hydrogen (secondary N) is 1. The highest BCUT2D eigenvalue weighted by Crippen LogP contribution is 2.18. The monoisotopic (exact) mass is 356 g/mol. The quantitative estimate of drug-likeness (QED) is 0.907. The number of fused-ring (bicyclic) bond motifs is 1. The zero-order valence-electron chi connectivity index (χ0n) is 14.8. The lowest BCUT2D eigenvalue weighted by molar-refractivity contribution is 0.0721. The Morgan fingerprint density at radius 2 is 2.04 bits per heavy atom. The zero-order valence-corrected chi connectivity index (χ0v) is 14.8. The Morgan fingerprint density at radius 3 is 2.81 bits per heavy atom. The van der Waals surface area contributed by atoms with Gasteiger partial charge in [-0.3, -0.25) is 14.0 Å². The van der Waals surface area contributed by atoms with Crippen molar-refractivity contribution in [2.24, 2.45) is 0 Å². The molecule has 7 nitrogen and oxygen atoms in total. The van der Waals surface area contributed by atoms with Crippen LogP contribution in [0.3, 0.4) is 0 Å². The molecule has 0 saturated carbocycles. The average Bonchev–Trinajstić information content (AvgIpc) is 3.34. The third-order valence-electron chi connectivity index (χ3n) is 5.11. The lowest BCUT2D eigenvalue weighted by atomic mass is 10.1. The minimum Gasteiger partial charge on any atom is -0.376 e. The number of hydrogen-bond acceptors (Lipinski definition) is 4. The highest BCUT2D eigenvalue weighted by Gasteiger charge is 2.26. The summed E-state index contributed by atoms with van der Waals surface area (Å²) in [5.41, 5.74) is 1.03. The Balaban J connectivity index is 1.58. The van der Waals surface area contributed by atoms with E-state index in [1.165, 1.54) is 0 Å². The summed E-state index contributed by atoms with van der Waals surface area (Å²) in [6, 6.07) is 5.53. The normalized spacial score (nSPS) is 20.5. The number of amides is 2. The van der Waals surface area contributed by atoms with Crippen molar-refractivity contribution in [3.05, 3.63) is 35.9 Å². The SMILES string of the molecule is O=C(NCC1CCCO1)c1nc(C(=O)N2CCCCC2)c2ccccn12. The number of ether oxygens (including phenoxy) is 1. The number of pyridine rings is 1. The van der Waals surface area contributed by atoms with Gasteiger partial charge in [0, 0.05) is 32.4 Å². The van der Waals surface area contributed by atoms with Gasteiger partial charge in [0.1, 0.15) is 0 Å². The Hall–Kier alpha value is -2.41. The minimum atomic E-state index is -0.278. The van der Waals surface area contributed by atoms with Crippen LogP contribution in [0.4, 0.5) is 0 Å². The van der Waals surface area contributed by atoms with Crippen LogP contribution in [-0.4, -0.2) is 58.4 Å². The van der Waals surface area contributed by atoms with E-state index in [-0.39, 0.29) is 23.7 Å². The first-order valence-electron chi connectivity index (χ1n) is 9.40. The zero-order chi connectivity index (χ0) is 17.9. The molecule has 2 aromatic rings. The Labute approximate surface area is 152 Å². The third-order valence-corrected chi connectivity index (χ3v) is 5.11. The molecule has 2 fully saturated rings. The van der Waals surface area contributed by atoms with Gasteiger partial charge in [-0.05, 0) is 44.2 Å². The first-order chi connectivity index (χ1) is 12.7. The van der Waals surface area contributed by atoms with Gasteiger partial charge in [0.05, 0.1) is 11.6 Å². The van der Waals surface area contributed by atoms with E-state index in [4.69, 9.17) is 4.74 Å². The molecule has 26 heavy (non-hydrogen) atoms. The van der Waals surface area contributed by atoms with Crippen LogP contribution < -0.4 is 5.32 Å². The van der Waals surface area contributed by atoms with Gasteiger partial charge in [0.2, 0.25) is 5.82 Å². The van der Waals surface area contributed by atoms with E-state index in [9.17, 15) is 9.59 Å². The summed E-state index contributed by atoms with van der Waals surface area (Å²) < 4.78 is 7.24. The molecule has 0 spiro atoms. The summed E-state index contributed by atoms with van der Waals surface area (Å²) in [5.74, 6) is -0.120. The summed E-state index contributed by atoms with van der Waals surface area (Å²) >= 11 is 0. The smallest absolute Gasteiger partial charge is 0.287 e. The van der Waals surface area contributed by atoms with Crippen molar-refractivity contribution >= 4 is 17.3 Å². The van der Waals surface area contributed by atoms with Crippen LogP contribution in [0.15, 0.2) is 24.4 Å². The lowest BCUT2D eigenvalue weighted by Gasteiger charge is -2.25. The third kappa shape index (κ3) is 3.31. The summed E-state index contributed by atoms with van der Waals surface area (Å²) in [6.45, 7) is 2.73. The molecule has 0 aromatic carbocycles. The molecular weight excluding hydrogens is 332 g/mol. The van der Waals surface area contributed by atoms with Crippen LogP contribution >= 0.6 is 0 Å². The molecule has 1 atom stereocenters. The first kappa shape index (κ1) is 17.0. The number of piperidine rings is 1. The predicted octanol–water partition coefficient (Wildman–Crippen LogP) is 1.87. The van der Waals surface area contributed by atoms with Crippen LogP contribution in [-0.2, 0) is 4.74 Å². The van der Waals surface area contributed by atoms with Gasteiger partial charge in [0.25, 0.3) is 11.8 Å². The van der Waals surface area contributed by atoms with E-state index in [2.05, 4.69) is 10.3 Å². The summed E-state index contributed by atoms with van der Waals surface area (Å²) in [7, 11) is 0. The van der Waals surface area contributed by atoms with Crippen molar-refractivity contribution in [3.8, 4) is 0 Å². The Bertz CT molecular complexity index is 804. The molecule has 1 unspecified atom stereocenters. The second kappa shape index (κ2) is 7.45. The summed E-state index contributed by atoms with van der Waals surface area (Å²) in [4.78, 5) is 31.8. The highest BCUT2D eigenvalue weighted by atomic mass is 16.5. The van der Waals surface area contributed by atoms with Crippen molar-refractivity contribution in [2.45, 2.75) is 38.2 Å². The van der Waals surface area contributed by atoms with Gasteiger partial charge in [-0.25, -0.2) is 4.98 Å². The van der Waals surface area contributed by atoms with Gasteiger partial charge in [0.15, 0.2) is 5.69 Å². The molecule has 4 heterocycles. The number of rotatable bonds is 4. The molecule has 2 aliphatic rings. The maximum atomic E-state index is 12.9. The van der Waals surface area contributed by atoms with E-state index >= 15 is 0 Å². The average molecular weight is 356 g/mol. The van der Waals surface area contributed by atoms with Crippen LogP contribution in [0, 0.1) is 0 Å². The molecule has 2 aliphatic heterocycles. The van der Waals surface area contributed by atoms with E-state index in [1.54, 1.807) is 10.6 Å². The fraction of sp³-hybridized carbons (Fsp3) is 0.526.